The van der Waals surface area contributed by atoms with E-state index in [4.69, 9.17) is 9.47 Å². The average Bonchev–Trinajstić information content (AvgIpc) is 2.48. The van der Waals surface area contributed by atoms with E-state index in [-0.39, 0.29) is 18.2 Å². The normalized spacial score (nSPS) is 10.5. The lowest BCUT2D eigenvalue weighted by molar-refractivity contribution is 0.128. The molecular formula is C14H15F2N3O2. The number of aromatic nitrogens is 2. The number of anilines is 1. The Hall–Kier alpha value is -2.28. The van der Waals surface area contributed by atoms with E-state index in [0.717, 1.165) is 12.1 Å². The maximum atomic E-state index is 13.6. The Bertz CT molecular complexity index is 623. The molecule has 1 heterocycles. The fraction of sp³-hybridized carbons (Fsp3) is 0.286. The summed E-state index contributed by atoms with van der Waals surface area (Å²) in [6, 6.07) is 4.57. The van der Waals surface area contributed by atoms with Gasteiger partial charge in [0.25, 0.3) is 0 Å². The van der Waals surface area contributed by atoms with Crippen molar-refractivity contribution in [2.75, 3.05) is 19.0 Å². The van der Waals surface area contributed by atoms with Gasteiger partial charge in [-0.15, -0.1) is 0 Å². The monoisotopic (exact) mass is 295 g/mol. The average molecular weight is 295 g/mol. The first kappa shape index (κ1) is 15.1. The third-order valence-corrected chi connectivity index (χ3v) is 2.55. The summed E-state index contributed by atoms with van der Waals surface area (Å²) in [4.78, 5) is 8.31. The van der Waals surface area contributed by atoms with E-state index in [1.807, 2.05) is 6.92 Å². The lowest BCUT2D eigenvalue weighted by Crippen LogP contribution is -2.04. The van der Waals surface area contributed by atoms with Crippen molar-refractivity contribution in [2.24, 2.45) is 0 Å². The standard InChI is InChI=1S/C14H15F2N3O2/c1-3-20-8-13-18-12(17-2)7-14(19-13)21-11-5-4-9(15)6-10(11)16/h4-7H,3,8H2,1-2H3,(H,17,18,19). The van der Waals surface area contributed by atoms with Crippen LogP contribution in [0, 0.1) is 11.6 Å². The molecule has 0 saturated carbocycles. The highest BCUT2D eigenvalue weighted by molar-refractivity contribution is 5.39. The van der Waals surface area contributed by atoms with Crippen LogP contribution in [0.2, 0.25) is 0 Å². The van der Waals surface area contributed by atoms with Crippen molar-refractivity contribution < 1.29 is 18.3 Å². The highest BCUT2D eigenvalue weighted by atomic mass is 19.1. The molecule has 1 aromatic heterocycles. The van der Waals surface area contributed by atoms with Gasteiger partial charge in [-0.3, -0.25) is 0 Å². The first-order chi connectivity index (χ1) is 10.1. The molecule has 112 valence electrons. The summed E-state index contributed by atoms with van der Waals surface area (Å²) in [5, 5.41) is 2.85. The molecule has 0 aliphatic carbocycles. The van der Waals surface area contributed by atoms with Crippen molar-refractivity contribution in [2.45, 2.75) is 13.5 Å². The summed E-state index contributed by atoms with van der Waals surface area (Å²) in [6.45, 7) is 2.59. The van der Waals surface area contributed by atoms with Gasteiger partial charge in [-0.2, -0.15) is 4.98 Å². The van der Waals surface area contributed by atoms with Gasteiger partial charge in [0, 0.05) is 25.8 Å². The van der Waals surface area contributed by atoms with Crippen LogP contribution in [0.1, 0.15) is 12.7 Å². The van der Waals surface area contributed by atoms with Gasteiger partial charge in [-0.25, -0.2) is 13.8 Å². The molecule has 0 radical (unpaired) electrons. The zero-order valence-corrected chi connectivity index (χ0v) is 11.7. The molecule has 0 aliphatic rings. The van der Waals surface area contributed by atoms with Crippen LogP contribution >= 0.6 is 0 Å². The largest absolute Gasteiger partial charge is 0.436 e. The van der Waals surface area contributed by atoms with Gasteiger partial charge in [0.2, 0.25) is 5.88 Å². The number of halogens is 2. The molecule has 7 heteroatoms. The van der Waals surface area contributed by atoms with Gasteiger partial charge in [-0.05, 0) is 19.1 Å². The van der Waals surface area contributed by atoms with E-state index >= 15 is 0 Å². The number of hydrogen-bond acceptors (Lipinski definition) is 5. The van der Waals surface area contributed by atoms with Crippen LogP contribution in [0.25, 0.3) is 0 Å². The number of nitrogens with zero attached hydrogens (tertiary/aromatic N) is 2. The van der Waals surface area contributed by atoms with E-state index in [9.17, 15) is 8.78 Å². The van der Waals surface area contributed by atoms with E-state index in [0.29, 0.717) is 18.2 Å². The molecular weight excluding hydrogens is 280 g/mol. The van der Waals surface area contributed by atoms with Gasteiger partial charge in [0.15, 0.2) is 17.4 Å². The summed E-state index contributed by atoms with van der Waals surface area (Å²) in [6.07, 6.45) is 0. The molecule has 21 heavy (non-hydrogen) atoms. The summed E-state index contributed by atoms with van der Waals surface area (Å²) in [7, 11) is 1.69. The number of nitrogens with one attached hydrogen (secondary N) is 1. The lowest BCUT2D eigenvalue weighted by atomic mass is 10.3. The van der Waals surface area contributed by atoms with Crippen molar-refractivity contribution in [3.63, 3.8) is 0 Å². The van der Waals surface area contributed by atoms with Crippen LogP contribution in [0.4, 0.5) is 14.6 Å². The van der Waals surface area contributed by atoms with Crippen molar-refractivity contribution in [1.29, 1.82) is 0 Å². The number of benzene rings is 1. The molecule has 5 nitrogen and oxygen atoms in total. The second-order valence-electron chi connectivity index (χ2n) is 4.07. The van der Waals surface area contributed by atoms with Gasteiger partial charge < -0.3 is 14.8 Å². The second kappa shape index (κ2) is 6.94. The molecule has 1 aromatic carbocycles. The predicted octanol–water partition coefficient (Wildman–Crippen LogP) is 3.13. The first-order valence-electron chi connectivity index (χ1n) is 6.38. The van der Waals surface area contributed by atoms with Crippen LogP contribution in [-0.4, -0.2) is 23.6 Å². The zero-order valence-electron chi connectivity index (χ0n) is 11.7. The molecule has 0 atom stereocenters. The molecule has 0 unspecified atom stereocenters. The third kappa shape index (κ3) is 4.09. The van der Waals surface area contributed by atoms with Gasteiger partial charge in [0.05, 0.1) is 0 Å². The van der Waals surface area contributed by atoms with Crippen LogP contribution in [0.3, 0.4) is 0 Å². The molecule has 0 amide bonds. The highest BCUT2D eigenvalue weighted by Crippen LogP contribution is 2.25. The summed E-state index contributed by atoms with van der Waals surface area (Å²) in [5.41, 5.74) is 0. The van der Waals surface area contributed by atoms with Crippen LogP contribution in [0.5, 0.6) is 11.6 Å². The topological polar surface area (TPSA) is 56.3 Å². The lowest BCUT2D eigenvalue weighted by Gasteiger charge is -2.09. The first-order valence-corrected chi connectivity index (χ1v) is 6.38. The maximum absolute atomic E-state index is 13.6. The SMILES string of the molecule is CCOCc1nc(NC)cc(Oc2ccc(F)cc2F)n1. The van der Waals surface area contributed by atoms with Crippen molar-refractivity contribution >= 4 is 5.82 Å². The van der Waals surface area contributed by atoms with Crippen LogP contribution in [0.15, 0.2) is 24.3 Å². The number of rotatable bonds is 6. The fourth-order valence-corrected chi connectivity index (χ4v) is 1.58. The van der Waals surface area contributed by atoms with E-state index in [2.05, 4.69) is 15.3 Å². The van der Waals surface area contributed by atoms with E-state index < -0.39 is 11.6 Å². The number of hydrogen-bond donors (Lipinski definition) is 1. The molecule has 0 bridgehead atoms. The molecule has 2 aromatic rings. The Morgan fingerprint density at radius 2 is 2.00 bits per heavy atom. The molecule has 1 N–H and O–H groups in total. The quantitative estimate of drug-likeness (QED) is 0.887. The molecule has 0 fully saturated rings. The van der Waals surface area contributed by atoms with Gasteiger partial charge in [0.1, 0.15) is 18.2 Å². The molecule has 0 spiro atoms. The Labute approximate surface area is 120 Å². The van der Waals surface area contributed by atoms with Crippen molar-refractivity contribution in [3.05, 3.63) is 41.7 Å². The van der Waals surface area contributed by atoms with Gasteiger partial charge in [-0.1, -0.05) is 0 Å². The third-order valence-electron chi connectivity index (χ3n) is 2.55. The Balaban J connectivity index is 2.25. The van der Waals surface area contributed by atoms with Crippen LogP contribution < -0.4 is 10.1 Å². The van der Waals surface area contributed by atoms with E-state index in [1.54, 1.807) is 7.05 Å². The zero-order chi connectivity index (χ0) is 15.2. The highest BCUT2D eigenvalue weighted by Gasteiger charge is 2.10. The summed E-state index contributed by atoms with van der Waals surface area (Å²) < 4.78 is 37.0. The van der Waals surface area contributed by atoms with Crippen LogP contribution in [-0.2, 0) is 11.3 Å². The van der Waals surface area contributed by atoms with Crippen molar-refractivity contribution in [1.82, 2.24) is 9.97 Å². The molecule has 0 aliphatic heterocycles. The van der Waals surface area contributed by atoms with Crippen molar-refractivity contribution in [3.8, 4) is 11.6 Å². The smallest absolute Gasteiger partial charge is 0.224 e. The molecule has 2 rings (SSSR count). The maximum Gasteiger partial charge on any atom is 0.224 e. The van der Waals surface area contributed by atoms with E-state index in [1.165, 1.54) is 12.1 Å². The minimum absolute atomic E-state index is 0.112. The minimum atomic E-state index is -0.800. The Kier molecular flexibility index (Phi) is 4.99. The second-order valence-corrected chi connectivity index (χ2v) is 4.07. The summed E-state index contributed by atoms with van der Waals surface area (Å²) >= 11 is 0. The Morgan fingerprint density at radius 3 is 2.67 bits per heavy atom. The minimum Gasteiger partial charge on any atom is -0.436 e. The van der Waals surface area contributed by atoms with Gasteiger partial charge >= 0.3 is 0 Å². The summed E-state index contributed by atoms with van der Waals surface area (Å²) in [5.74, 6) is -0.519. The number of ether oxygens (including phenoxy) is 2. The predicted molar refractivity (Wildman–Crippen MR) is 73.3 cm³/mol. The Morgan fingerprint density at radius 1 is 1.19 bits per heavy atom. The molecule has 0 saturated heterocycles. The fourth-order valence-electron chi connectivity index (χ4n) is 1.58.